The zero-order chi connectivity index (χ0) is 38.3. The van der Waals surface area contributed by atoms with Gasteiger partial charge in [0.15, 0.2) is 11.7 Å². The van der Waals surface area contributed by atoms with Gasteiger partial charge in [-0.3, -0.25) is 9.59 Å². The Balaban J connectivity index is 1.56. The summed E-state index contributed by atoms with van der Waals surface area (Å²) in [6.45, 7) is 13.3. The first kappa shape index (κ1) is 37.9. The van der Waals surface area contributed by atoms with Crippen molar-refractivity contribution in [2.24, 2.45) is 67.2 Å². The maximum absolute atomic E-state index is 15.0. The van der Waals surface area contributed by atoms with Crippen LogP contribution in [0, 0.1) is 50.7 Å². The van der Waals surface area contributed by atoms with E-state index in [1.54, 1.807) is 0 Å². The number of aliphatic imine (C=N–C) groups is 1. The number of hydrogen-bond donors (Lipinski definition) is 6. The molecule has 10 nitrogen and oxygen atoms in total. The summed E-state index contributed by atoms with van der Waals surface area (Å²) in [6.07, 6.45) is 6.71. The predicted octanol–water partition coefficient (Wildman–Crippen LogP) is 4.59. The highest BCUT2D eigenvalue weighted by atomic mass is 16.4. The summed E-state index contributed by atoms with van der Waals surface area (Å²) in [4.78, 5) is 44.8. The molecule has 0 aromatic heterocycles. The number of aliphatic carboxylic acids is 1. The average Bonchev–Trinajstić information content (AvgIpc) is 3.23. The lowest BCUT2D eigenvalue weighted by atomic mass is 9.38. The highest BCUT2D eigenvalue weighted by Gasteiger charge is 2.76. The Hall–Kier alpha value is -3.86. The Morgan fingerprint density at radius 2 is 1.71 bits per heavy atom. The minimum absolute atomic E-state index is 0.0338. The fraction of sp³-hybridized carbons (Fsp3) is 0.571. The van der Waals surface area contributed by atoms with Crippen LogP contribution >= 0.6 is 0 Å². The van der Waals surface area contributed by atoms with E-state index in [0.29, 0.717) is 24.0 Å². The van der Waals surface area contributed by atoms with Crippen LogP contribution in [0.15, 0.2) is 76.3 Å². The Kier molecular flexibility index (Phi) is 9.20. The van der Waals surface area contributed by atoms with Crippen LogP contribution in [0.4, 0.5) is 0 Å². The molecule has 280 valence electrons. The Bertz CT molecular complexity index is 1820. The van der Waals surface area contributed by atoms with E-state index in [-0.39, 0.29) is 41.9 Å². The number of aliphatic hydroxyl groups excluding tert-OH is 3. The molecule has 10 heteroatoms. The Labute approximate surface area is 306 Å². The Morgan fingerprint density at radius 1 is 1.06 bits per heavy atom. The predicted molar refractivity (Wildman–Crippen MR) is 199 cm³/mol. The molecule has 0 bridgehead atoms. The molecule has 0 aliphatic heterocycles. The van der Waals surface area contributed by atoms with E-state index < -0.39 is 75.2 Å². The first-order valence-electron chi connectivity index (χ1n) is 18.5. The molecule has 0 unspecified atom stereocenters. The number of carboxylic acid groups (broad SMARTS) is 1. The summed E-state index contributed by atoms with van der Waals surface area (Å²) in [5.41, 5.74) is 9.14. The maximum atomic E-state index is 15.0. The molecule has 52 heavy (non-hydrogen) atoms. The van der Waals surface area contributed by atoms with Crippen molar-refractivity contribution < 1.29 is 34.8 Å². The van der Waals surface area contributed by atoms with Crippen molar-refractivity contribution in [3.8, 4) is 0 Å². The number of aliphatic hydroxyl groups is 3. The SMILES string of the molecule is C/C(=C\[C@@H](O)[C@@H]1[C@@H](N=C(N)N)C=C[C@@]2(C[C@H](O)[C@@]3(C)C4=C(C(=O)C[C@]23C)[C@@]2(C)CCC(=O)C(C)(C)[C@H]2[C@H](/C=C/c2ccccc2)[C@H]4O)[C@@H]1C)C(=O)O. The van der Waals surface area contributed by atoms with Crippen molar-refractivity contribution >= 4 is 29.6 Å². The lowest BCUT2D eigenvalue weighted by molar-refractivity contribution is -0.152. The third kappa shape index (κ3) is 5.15. The highest BCUT2D eigenvalue weighted by Crippen LogP contribution is 2.77. The number of guanidine groups is 1. The van der Waals surface area contributed by atoms with Gasteiger partial charge in [0.1, 0.15) is 5.78 Å². The first-order valence-corrected chi connectivity index (χ1v) is 18.5. The molecule has 2 fully saturated rings. The van der Waals surface area contributed by atoms with Crippen molar-refractivity contribution in [3.63, 3.8) is 0 Å². The van der Waals surface area contributed by atoms with Crippen molar-refractivity contribution in [1.29, 1.82) is 0 Å². The van der Waals surface area contributed by atoms with Crippen molar-refractivity contribution in [2.45, 2.75) is 98.5 Å². The van der Waals surface area contributed by atoms with E-state index in [1.807, 2.05) is 89.3 Å². The molecular formula is C42H55N3O7. The summed E-state index contributed by atoms with van der Waals surface area (Å²) >= 11 is 0. The zero-order valence-corrected chi connectivity index (χ0v) is 31.3. The number of hydrogen-bond acceptors (Lipinski definition) is 7. The molecule has 5 aliphatic carbocycles. The number of benzene rings is 1. The maximum Gasteiger partial charge on any atom is 0.331 e. The lowest BCUT2D eigenvalue weighted by Gasteiger charge is -2.65. The van der Waals surface area contributed by atoms with E-state index in [0.717, 1.165) is 5.56 Å². The van der Waals surface area contributed by atoms with Crippen LogP contribution in [0.25, 0.3) is 6.08 Å². The molecule has 1 aromatic carbocycles. The van der Waals surface area contributed by atoms with Gasteiger partial charge in [0.25, 0.3) is 0 Å². The minimum Gasteiger partial charge on any atom is -0.478 e. The molecule has 0 radical (unpaired) electrons. The number of Topliss-reactive ketones (excluding diaryl/α,β-unsaturated/α-hetero) is 2. The van der Waals surface area contributed by atoms with Gasteiger partial charge in [-0.05, 0) is 54.2 Å². The number of fused-ring (bicyclic) bond motifs is 5. The quantitative estimate of drug-likeness (QED) is 0.106. The fourth-order valence-corrected chi connectivity index (χ4v) is 12.1. The van der Waals surface area contributed by atoms with Crippen molar-refractivity contribution in [2.75, 3.05) is 0 Å². The second-order valence-electron chi connectivity index (χ2n) is 17.4. The third-order valence-electron chi connectivity index (χ3n) is 14.8. The van der Waals surface area contributed by atoms with Crippen molar-refractivity contribution in [3.05, 3.63) is 76.9 Å². The third-order valence-corrected chi connectivity index (χ3v) is 14.8. The van der Waals surface area contributed by atoms with E-state index in [4.69, 9.17) is 11.5 Å². The molecule has 0 saturated heterocycles. The van der Waals surface area contributed by atoms with Crippen LogP contribution in [-0.2, 0) is 14.4 Å². The summed E-state index contributed by atoms with van der Waals surface area (Å²) in [7, 11) is 0. The van der Waals surface area contributed by atoms with E-state index in [2.05, 4.69) is 11.9 Å². The summed E-state index contributed by atoms with van der Waals surface area (Å²) in [6, 6.07) is 9.07. The first-order chi connectivity index (χ1) is 24.2. The number of nitrogens with zero attached hydrogens (tertiary/aromatic N) is 1. The van der Waals surface area contributed by atoms with Crippen LogP contribution < -0.4 is 11.5 Å². The van der Waals surface area contributed by atoms with Gasteiger partial charge in [0, 0.05) is 57.5 Å². The number of rotatable bonds is 6. The van der Waals surface area contributed by atoms with Gasteiger partial charge in [-0.15, -0.1) is 0 Å². The van der Waals surface area contributed by atoms with Gasteiger partial charge in [0.2, 0.25) is 0 Å². The summed E-state index contributed by atoms with van der Waals surface area (Å²) in [5, 5.41) is 46.6. The van der Waals surface area contributed by atoms with Crippen LogP contribution in [0.1, 0.15) is 79.7 Å². The molecule has 1 spiro atoms. The molecule has 2 saturated carbocycles. The molecule has 0 amide bonds. The number of carbonyl (C=O) groups is 3. The number of ketones is 2. The highest BCUT2D eigenvalue weighted by molar-refractivity contribution is 6.01. The van der Waals surface area contributed by atoms with E-state index in [1.165, 1.54) is 13.0 Å². The number of carboxylic acids is 1. The van der Waals surface area contributed by atoms with E-state index >= 15 is 4.79 Å². The van der Waals surface area contributed by atoms with E-state index in [9.17, 15) is 30.0 Å². The van der Waals surface area contributed by atoms with Gasteiger partial charge in [0.05, 0.1) is 24.4 Å². The van der Waals surface area contributed by atoms with Crippen LogP contribution in [0.2, 0.25) is 0 Å². The second kappa shape index (κ2) is 12.6. The van der Waals surface area contributed by atoms with Crippen LogP contribution in [0.5, 0.6) is 0 Å². The van der Waals surface area contributed by atoms with Gasteiger partial charge < -0.3 is 31.9 Å². The second-order valence-corrected chi connectivity index (χ2v) is 17.4. The lowest BCUT2D eigenvalue weighted by Crippen LogP contribution is -2.64. The average molecular weight is 714 g/mol. The van der Waals surface area contributed by atoms with Gasteiger partial charge in [-0.2, -0.15) is 0 Å². The largest absolute Gasteiger partial charge is 0.478 e. The summed E-state index contributed by atoms with van der Waals surface area (Å²) < 4.78 is 0. The minimum atomic E-state index is -1.27. The number of carbonyl (C=O) groups excluding carboxylic acids is 2. The molecule has 0 heterocycles. The van der Waals surface area contributed by atoms with Crippen molar-refractivity contribution in [1.82, 2.24) is 0 Å². The number of nitrogens with two attached hydrogens (primary N) is 2. The smallest absolute Gasteiger partial charge is 0.331 e. The van der Waals surface area contributed by atoms with Crippen LogP contribution in [0.3, 0.4) is 0 Å². The zero-order valence-electron chi connectivity index (χ0n) is 31.3. The molecule has 8 N–H and O–H groups in total. The van der Waals surface area contributed by atoms with Crippen LogP contribution in [-0.4, -0.2) is 68.3 Å². The topological polar surface area (TPSA) is 197 Å². The van der Waals surface area contributed by atoms with Gasteiger partial charge in [-0.1, -0.05) is 96.2 Å². The summed E-state index contributed by atoms with van der Waals surface area (Å²) in [5.74, 6) is -3.42. The fourth-order valence-electron chi connectivity index (χ4n) is 12.1. The normalized spacial score (nSPS) is 41.8. The monoisotopic (exact) mass is 713 g/mol. The molecule has 1 aromatic rings. The molecular weight excluding hydrogens is 658 g/mol. The van der Waals surface area contributed by atoms with Gasteiger partial charge in [-0.25, -0.2) is 9.79 Å². The number of allylic oxidation sites excluding steroid dienone is 2. The standard InChI is InChI=1S/C42H55N3O7/c1-22(36(51)52)19-27(46)31-23(2)42(18-15-26(31)45-37(43)44)21-30(49)41(7)33-32(28(47)20-40(41,42)6)39(5)17-16-29(48)38(3,4)35(39)25(34(33)50)14-13-24-11-9-8-10-12-24/h8-15,18-19,23,25-27,30-31,34-35,46,49-50H,16-17,20-21H2,1-7H3,(H,51,52)(H4,43,44,45)/b14-13+,22-19+/t23-,25-,26+,27-,30+,31+,34-,35-,39-,40+,41+,42-/m1/s1. The molecule has 12 atom stereocenters. The molecule has 5 aliphatic rings. The van der Waals surface area contributed by atoms with Gasteiger partial charge >= 0.3 is 5.97 Å². The molecule has 6 rings (SSSR count). The Morgan fingerprint density at radius 3 is 2.33 bits per heavy atom.